The van der Waals surface area contributed by atoms with Gasteiger partial charge in [-0.25, -0.2) is 9.59 Å². The summed E-state index contributed by atoms with van der Waals surface area (Å²) in [6, 6.07) is 17.0. The number of benzene rings is 2. The number of carbonyl (C=O) groups is 2. The first-order chi connectivity index (χ1) is 23.0. The zero-order valence-corrected chi connectivity index (χ0v) is 30.6. The minimum absolute atomic E-state index is 0.0438. The highest BCUT2D eigenvalue weighted by molar-refractivity contribution is 5.90. The van der Waals surface area contributed by atoms with Crippen molar-refractivity contribution in [2.24, 2.45) is 23.7 Å². The molecule has 0 unspecified atom stereocenters. The molecule has 0 bridgehead atoms. The third kappa shape index (κ3) is 9.82. The molecule has 0 spiro atoms. The van der Waals surface area contributed by atoms with E-state index < -0.39 is 0 Å². The number of hydrogen-bond acceptors (Lipinski definition) is 4. The molecule has 3 aliphatic rings. The molecule has 2 aromatic rings. The Balaban J connectivity index is 1.20. The monoisotopic (exact) mass is 658 g/mol. The van der Waals surface area contributed by atoms with E-state index in [0.717, 1.165) is 99.0 Å². The van der Waals surface area contributed by atoms with Gasteiger partial charge in [0.2, 0.25) is 0 Å². The van der Waals surface area contributed by atoms with Crippen LogP contribution < -0.4 is 20.4 Å². The number of urea groups is 2. The van der Waals surface area contributed by atoms with Crippen LogP contribution in [0.5, 0.6) is 0 Å². The van der Waals surface area contributed by atoms with Crippen molar-refractivity contribution in [1.29, 1.82) is 0 Å². The maximum Gasteiger partial charge on any atom is 0.322 e. The van der Waals surface area contributed by atoms with Crippen molar-refractivity contribution >= 4 is 34.8 Å². The fourth-order valence-electron chi connectivity index (χ4n) is 8.13. The van der Waals surface area contributed by atoms with Gasteiger partial charge in [0.25, 0.3) is 0 Å². The molecule has 2 N–H and O–H groups in total. The lowest BCUT2D eigenvalue weighted by Crippen LogP contribution is -2.48. The molecule has 8 heteroatoms. The second-order valence-corrected chi connectivity index (χ2v) is 15.8. The Morgan fingerprint density at radius 1 is 0.521 bits per heavy atom. The molecule has 264 valence electrons. The standard InChI is InChI=1S/C40H62N6O2/c1-29-7-19-37(20-8-29)45(39(47)41-33-15-23-35(24-16-33)43(3)4)27-31-11-13-32(14-12-31)28-46(38-21-9-30(2)10-22-38)40(48)42-34-17-25-36(26-18-34)44(5)6/h15-18,23-26,29-32,37-38H,7-14,19-22,27-28H2,1-6H3,(H,41,47)(H,42,48)/t29?,30?,31-,32-,37?,38?. The summed E-state index contributed by atoms with van der Waals surface area (Å²) in [5.41, 5.74) is 3.95. The maximum absolute atomic E-state index is 13.8. The molecule has 4 amide bonds. The first-order valence-corrected chi connectivity index (χ1v) is 18.8. The molecule has 3 saturated carbocycles. The van der Waals surface area contributed by atoms with Crippen LogP contribution in [0.2, 0.25) is 0 Å². The molecule has 0 saturated heterocycles. The van der Waals surface area contributed by atoms with Crippen LogP contribution in [0.25, 0.3) is 0 Å². The van der Waals surface area contributed by atoms with Crippen molar-refractivity contribution in [3.05, 3.63) is 48.5 Å². The Bertz CT molecular complexity index is 1190. The molecule has 8 nitrogen and oxygen atoms in total. The Kier molecular flexibility index (Phi) is 12.6. The molecule has 2 aromatic carbocycles. The highest BCUT2D eigenvalue weighted by atomic mass is 16.2. The summed E-state index contributed by atoms with van der Waals surface area (Å²) in [4.78, 5) is 36.2. The predicted octanol–water partition coefficient (Wildman–Crippen LogP) is 9.15. The van der Waals surface area contributed by atoms with Crippen molar-refractivity contribution in [3.63, 3.8) is 0 Å². The normalized spacial score (nSPS) is 25.9. The minimum Gasteiger partial charge on any atom is -0.378 e. The number of amides is 4. The molecule has 0 aliphatic heterocycles. The van der Waals surface area contributed by atoms with Gasteiger partial charge in [0, 0.05) is 76.1 Å². The van der Waals surface area contributed by atoms with Gasteiger partial charge in [-0.2, -0.15) is 0 Å². The quantitative estimate of drug-likeness (QED) is 0.267. The van der Waals surface area contributed by atoms with Crippen LogP contribution in [-0.2, 0) is 0 Å². The number of hydrogen-bond donors (Lipinski definition) is 2. The Morgan fingerprint density at radius 3 is 1.12 bits per heavy atom. The van der Waals surface area contributed by atoms with E-state index in [-0.39, 0.29) is 12.1 Å². The van der Waals surface area contributed by atoms with E-state index in [0.29, 0.717) is 23.9 Å². The first kappa shape index (κ1) is 35.9. The minimum atomic E-state index is 0.0438. The molecule has 0 heterocycles. The van der Waals surface area contributed by atoms with Crippen molar-refractivity contribution in [2.45, 2.75) is 103 Å². The lowest BCUT2D eigenvalue weighted by Gasteiger charge is -2.41. The number of nitrogens with zero attached hydrogens (tertiary/aromatic N) is 4. The average Bonchev–Trinajstić information content (AvgIpc) is 3.08. The lowest BCUT2D eigenvalue weighted by atomic mass is 9.80. The van der Waals surface area contributed by atoms with Crippen LogP contribution >= 0.6 is 0 Å². The third-order valence-corrected chi connectivity index (χ3v) is 11.5. The summed E-state index contributed by atoms with van der Waals surface area (Å²) < 4.78 is 0. The topological polar surface area (TPSA) is 71.2 Å². The van der Waals surface area contributed by atoms with Crippen LogP contribution in [0.15, 0.2) is 48.5 Å². The summed E-state index contributed by atoms with van der Waals surface area (Å²) in [7, 11) is 8.12. The third-order valence-electron chi connectivity index (χ3n) is 11.5. The molecule has 3 fully saturated rings. The molecule has 3 aliphatic carbocycles. The molecule has 0 atom stereocenters. The lowest BCUT2D eigenvalue weighted by molar-refractivity contribution is 0.109. The Labute approximate surface area is 290 Å². The fourth-order valence-corrected chi connectivity index (χ4v) is 8.13. The number of rotatable bonds is 10. The maximum atomic E-state index is 13.8. The predicted molar refractivity (Wildman–Crippen MR) is 201 cm³/mol. The van der Waals surface area contributed by atoms with E-state index in [1.54, 1.807) is 0 Å². The average molecular weight is 659 g/mol. The molecule has 0 aromatic heterocycles. The summed E-state index contributed by atoms with van der Waals surface area (Å²) in [6.45, 7) is 6.32. The summed E-state index contributed by atoms with van der Waals surface area (Å²) in [5, 5.41) is 6.47. The van der Waals surface area contributed by atoms with Crippen LogP contribution in [-0.4, -0.2) is 75.2 Å². The summed E-state index contributed by atoms with van der Waals surface area (Å²) in [6.07, 6.45) is 13.6. The van der Waals surface area contributed by atoms with Crippen LogP contribution in [0, 0.1) is 23.7 Å². The number of anilines is 4. The largest absolute Gasteiger partial charge is 0.378 e. The fraction of sp³-hybridized carbons (Fsp3) is 0.650. The highest BCUT2D eigenvalue weighted by Crippen LogP contribution is 2.35. The zero-order valence-electron chi connectivity index (χ0n) is 30.6. The van der Waals surface area contributed by atoms with E-state index in [1.807, 2.05) is 52.5 Å². The summed E-state index contributed by atoms with van der Waals surface area (Å²) in [5.74, 6) is 2.47. The number of nitrogens with one attached hydrogen (secondary N) is 2. The van der Waals surface area contributed by atoms with Crippen molar-refractivity contribution < 1.29 is 9.59 Å². The summed E-state index contributed by atoms with van der Waals surface area (Å²) >= 11 is 0. The van der Waals surface area contributed by atoms with Crippen LogP contribution in [0.1, 0.15) is 90.9 Å². The van der Waals surface area contributed by atoms with Crippen molar-refractivity contribution in [1.82, 2.24) is 9.80 Å². The molecule has 0 radical (unpaired) electrons. The SMILES string of the molecule is CC1CCC(N(C[C@H]2CC[C@H](CN(C(=O)Nc3ccc(N(C)C)cc3)C3CCC(C)CC3)CC2)C(=O)Nc2ccc(N(C)C)cc2)CC1. The van der Waals surface area contributed by atoms with Gasteiger partial charge in [0.15, 0.2) is 0 Å². The van der Waals surface area contributed by atoms with Gasteiger partial charge in [-0.15, -0.1) is 0 Å². The molecular formula is C40H62N6O2. The second kappa shape index (κ2) is 16.8. The van der Waals surface area contributed by atoms with Gasteiger partial charge in [-0.3, -0.25) is 0 Å². The Hall–Kier alpha value is -3.42. The van der Waals surface area contributed by atoms with Crippen LogP contribution in [0.4, 0.5) is 32.3 Å². The van der Waals surface area contributed by atoms with Gasteiger partial charge in [-0.05, 0) is 149 Å². The molecule has 5 rings (SSSR count). The smallest absolute Gasteiger partial charge is 0.322 e. The van der Waals surface area contributed by atoms with Gasteiger partial charge < -0.3 is 30.2 Å². The van der Waals surface area contributed by atoms with E-state index in [2.05, 4.69) is 68.3 Å². The molecule has 48 heavy (non-hydrogen) atoms. The van der Waals surface area contributed by atoms with Crippen molar-refractivity contribution in [3.8, 4) is 0 Å². The molecular weight excluding hydrogens is 596 g/mol. The van der Waals surface area contributed by atoms with Crippen molar-refractivity contribution in [2.75, 3.05) is 61.7 Å². The zero-order chi connectivity index (χ0) is 34.2. The van der Waals surface area contributed by atoms with Gasteiger partial charge in [-0.1, -0.05) is 13.8 Å². The van der Waals surface area contributed by atoms with Gasteiger partial charge >= 0.3 is 12.1 Å². The van der Waals surface area contributed by atoms with E-state index in [9.17, 15) is 9.59 Å². The highest BCUT2D eigenvalue weighted by Gasteiger charge is 2.34. The van der Waals surface area contributed by atoms with E-state index >= 15 is 0 Å². The Morgan fingerprint density at radius 2 is 0.833 bits per heavy atom. The van der Waals surface area contributed by atoms with Gasteiger partial charge in [0.05, 0.1) is 0 Å². The van der Waals surface area contributed by atoms with Crippen LogP contribution in [0.3, 0.4) is 0 Å². The first-order valence-electron chi connectivity index (χ1n) is 18.8. The number of carbonyl (C=O) groups excluding carboxylic acids is 2. The van der Waals surface area contributed by atoms with Gasteiger partial charge in [0.1, 0.15) is 0 Å². The van der Waals surface area contributed by atoms with E-state index in [4.69, 9.17) is 0 Å². The second-order valence-electron chi connectivity index (χ2n) is 15.8. The van der Waals surface area contributed by atoms with E-state index in [1.165, 1.54) is 25.7 Å².